The van der Waals surface area contributed by atoms with Crippen molar-refractivity contribution in [2.75, 3.05) is 17.6 Å². The van der Waals surface area contributed by atoms with Crippen molar-refractivity contribution in [3.05, 3.63) is 88.9 Å². The van der Waals surface area contributed by atoms with E-state index in [1.807, 2.05) is 12.1 Å². The maximum absolute atomic E-state index is 13.6. The first kappa shape index (κ1) is 25.0. The van der Waals surface area contributed by atoms with E-state index >= 15 is 0 Å². The average Bonchev–Trinajstić information content (AvgIpc) is 3.31. The molecular weight excluding hydrogens is 510 g/mol. The van der Waals surface area contributed by atoms with Gasteiger partial charge in [0.1, 0.15) is 5.75 Å². The van der Waals surface area contributed by atoms with Gasteiger partial charge in [0.25, 0.3) is 10.0 Å². The van der Waals surface area contributed by atoms with Crippen molar-refractivity contribution in [1.29, 1.82) is 0 Å². The van der Waals surface area contributed by atoms with E-state index < -0.39 is 26.1 Å². The first-order chi connectivity index (χ1) is 16.6. The van der Waals surface area contributed by atoms with E-state index in [2.05, 4.69) is 9.82 Å². The summed E-state index contributed by atoms with van der Waals surface area (Å²) in [6, 6.07) is 19.3. The largest absolute Gasteiger partial charge is 0.497 e. The summed E-state index contributed by atoms with van der Waals surface area (Å²) in [5.41, 5.74) is 2.42. The zero-order valence-electron chi connectivity index (χ0n) is 19.0. The molecule has 1 aliphatic heterocycles. The summed E-state index contributed by atoms with van der Waals surface area (Å²) in [5, 5.41) is 4.81. The second-order valence-corrected chi connectivity index (χ2v) is 12.1. The first-order valence-corrected chi connectivity index (χ1v) is 14.2. The highest BCUT2D eigenvalue weighted by atomic mass is 35.5. The fourth-order valence-electron chi connectivity index (χ4n) is 3.68. The summed E-state index contributed by atoms with van der Waals surface area (Å²) in [5.74, 6) is 0.615. The topological polar surface area (TPSA) is 105 Å². The van der Waals surface area contributed by atoms with Crippen LogP contribution in [0.5, 0.6) is 5.75 Å². The number of rotatable bonds is 8. The van der Waals surface area contributed by atoms with Crippen LogP contribution in [-0.2, 0) is 20.0 Å². The van der Waals surface area contributed by atoms with Gasteiger partial charge in [-0.2, -0.15) is 17.9 Å². The number of hydrazone groups is 1. The molecule has 35 heavy (non-hydrogen) atoms. The molecule has 1 unspecified atom stereocenters. The van der Waals surface area contributed by atoms with Gasteiger partial charge in [-0.25, -0.2) is 8.42 Å². The number of methoxy groups -OCH3 is 1. The molecule has 1 heterocycles. The van der Waals surface area contributed by atoms with E-state index in [4.69, 9.17) is 16.3 Å². The van der Waals surface area contributed by atoms with Gasteiger partial charge in [0, 0.05) is 17.1 Å². The number of nitrogens with one attached hydrogen (secondary N) is 1. The lowest BCUT2D eigenvalue weighted by Gasteiger charge is -2.23. The fourth-order valence-corrected chi connectivity index (χ4v) is 6.05. The van der Waals surface area contributed by atoms with Crippen LogP contribution in [0.4, 0.5) is 5.69 Å². The molecule has 0 bridgehead atoms. The predicted molar refractivity (Wildman–Crippen MR) is 137 cm³/mol. The Kier molecular flexibility index (Phi) is 7.07. The Morgan fingerprint density at radius 3 is 2.31 bits per heavy atom. The van der Waals surface area contributed by atoms with E-state index in [0.717, 1.165) is 9.98 Å². The van der Waals surface area contributed by atoms with E-state index in [1.54, 1.807) is 62.6 Å². The normalized spacial score (nSPS) is 16.1. The quantitative estimate of drug-likeness (QED) is 0.453. The molecule has 0 aliphatic carbocycles. The standard InChI is InChI=1S/C24H24ClN3O5S2/c1-3-34(29,30)27-20-11-7-17(8-12-20)23-16-24(18-9-13-21(33-2)14-10-18)28(26-23)35(31,32)22-6-4-5-19(25)15-22/h4-15,24,27H,3,16H2,1-2H3. The fraction of sp³-hybridized carbons (Fsp3) is 0.208. The van der Waals surface area contributed by atoms with Gasteiger partial charge < -0.3 is 4.74 Å². The van der Waals surface area contributed by atoms with Gasteiger partial charge >= 0.3 is 0 Å². The minimum Gasteiger partial charge on any atom is -0.497 e. The van der Waals surface area contributed by atoms with Crippen molar-refractivity contribution in [3.63, 3.8) is 0 Å². The molecule has 1 N–H and O–H groups in total. The van der Waals surface area contributed by atoms with Gasteiger partial charge in [-0.1, -0.05) is 41.9 Å². The molecule has 0 saturated heterocycles. The van der Waals surface area contributed by atoms with Crippen molar-refractivity contribution in [2.45, 2.75) is 24.3 Å². The van der Waals surface area contributed by atoms with E-state index in [-0.39, 0.29) is 10.6 Å². The Morgan fingerprint density at radius 2 is 1.71 bits per heavy atom. The van der Waals surface area contributed by atoms with Crippen molar-refractivity contribution < 1.29 is 21.6 Å². The van der Waals surface area contributed by atoms with Crippen LogP contribution in [0.1, 0.15) is 30.5 Å². The maximum Gasteiger partial charge on any atom is 0.279 e. The smallest absolute Gasteiger partial charge is 0.279 e. The minimum atomic E-state index is -4.01. The van der Waals surface area contributed by atoms with Crippen LogP contribution in [0.2, 0.25) is 5.02 Å². The summed E-state index contributed by atoms with van der Waals surface area (Å²) in [4.78, 5) is 0.0397. The van der Waals surface area contributed by atoms with Gasteiger partial charge in [0.05, 0.1) is 29.5 Å². The zero-order chi connectivity index (χ0) is 25.2. The molecule has 1 atom stereocenters. The third kappa shape index (κ3) is 5.44. The second-order valence-electron chi connectivity index (χ2n) is 7.86. The third-order valence-corrected chi connectivity index (χ3v) is 8.81. The highest BCUT2D eigenvalue weighted by molar-refractivity contribution is 7.92. The molecule has 8 nitrogen and oxygen atoms in total. The summed E-state index contributed by atoms with van der Waals surface area (Å²) in [7, 11) is -5.86. The lowest BCUT2D eigenvalue weighted by atomic mass is 9.99. The molecule has 3 aromatic rings. The van der Waals surface area contributed by atoms with Crippen LogP contribution >= 0.6 is 11.6 Å². The monoisotopic (exact) mass is 533 g/mol. The number of hydrogen-bond acceptors (Lipinski definition) is 6. The number of nitrogens with zero attached hydrogens (tertiary/aromatic N) is 2. The highest BCUT2D eigenvalue weighted by Gasteiger charge is 2.37. The van der Waals surface area contributed by atoms with Crippen LogP contribution < -0.4 is 9.46 Å². The molecule has 0 fully saturated rings. The first-order valence-electron chi connectivity index (χ1n) is 10.8. The van der Waals surface area contributed by atoms with Crippen molar-refractivity contribution >= 4 is 43.0 Å². The SMILES string of the molecule is CCS(=O)(=O)Nc1ccc(C2=NN(S(=O)(=O)c3cccc(Cl)c3)C(c3ccc(OC)cc3)C2)cc1. The number of sulfonamides is 2. The van der Waals surface area contributed by atoms with Crippen LogP contribution in [-0.4, -0.2) is 39.8 Å². The molecular formula is C24H24ClN3O5S2. The van der Waals surface area contributed by atoms with Crippen molar-refractivity contribution in [2.24, 2.45) is 5.10 Å². The summed E-state index contributed by atoms with van der Waals surface area (Å²) < 4.78 is 59.7. The van der Waals surface area contributed by atoms with E-state index in [9.17, 15) is 16.8 Å². The molecule has 0 amide bonds. The highest BCUT2D eigenvalue weighted by Crippen LogP contribution is 2.38. The number of ether oxygens (including phenoxy) is 1. The molecule has 3 aromatic carbocycles. The van der Waals surface area contributed by atoms with E-state index in [1.165, 1.54) is 12.1 Å². The number of anilines is 1. The number of halogens is 1. The van der Waals surface area contributed by atoms with Gasteiger partial charge in [-0.05, 0) is 60.5 Å². The third-order valence-electron chi connectivity index (χ3n) is 5.58. The number of benzene rings is 3. The predicted octanol–water partition coefficient (Wildman–Crippen LogP) is 4.65. The van der Waals surface area contributed by atoms with Gasteiger partial charge in [0.15, 0.2) is 0 Å². The average molecular weight is 534 g/mol. The Morgan fingerprint density at radius 1 is 1.03 bits per heavy atom. The van der Waals surface area contributed by atoms with Gasteiger partial charge in [-0.15, -0.1) is 0 Å². The number of hydrogen-bond donors (Lipinski definition) is 1. The lowest BCUT2D eigenvalue weighted by molar-refractivity contribution is 0.370. The Balaban J connectivity index is 1.72. The van der Waals surface area contributed by atoms with Crippen LogP contribution in [0.25, 0.3) is 0 Å². The van der Waals surface area contributed by atoms with Gasteiger partial charge in [0.2, 0.25) is 10.0 Å². The molecule has 0 radical (unpaired) electrons. The van der Waals surface area contributed by atoms with Crippen LogP contribution in [0, 0.1) is 0 Å². The molecule has 184 valence electrons. The van der Waals surface area contributed by atoms with Crippen LogP contribution in [0.3, 0.4) is 0 Å². The second kappa shape index (κ2) is 9.88. The minimum absolute atomic E-state index is 0.0397. The molecule has 0 spiro atoms. The van der Waals surface area contributed by atoms with Crippen molar-refractivity contribution in [1.82, 2.24) is 4.41 Å². The summed E-state index contributed by atoms with van der Waals surface area (Å²) in [6.45, 7) is 1.55. The Labute approximate surface area is 210 Å². The molecule has 11 heteroatoms. The van der Waals surface area contributed by atoms with E-state index in [0.29, 0.717) is 34.2 Å². The van der Waals surface area contributed by atoms with Gasteiger partial charge in [-0.3, -0.25) is 4.72 Å². The zero-order valence-corrected chi connectivity index (χ0v) is 21.4. The van der Waals surface area contributed by atoms with Crippen molar-refractivity contribution in [3.8, 4) is 5.75 Å². The Hall–Kier alpha value is -3.08. The summed E-state index contributed by atoms with van der Waals surface area (Å²) in [6.07, 6.45) is 0.326. The molecule has 0 aromatic heterocycles. The Bertz CT molecular complexity index is 1460. The van der Waals surface area contributed by atoms with Crippen LogP contribution in [0.15, 0.2) is 82.8 Å². The molecule has 4 rings (SSSR count). The lowest BCUT2D eigenvalue weighted by Crippen LogP contribution is -2.27. The maximum atomic E-state index is 13.6. The molecule has 1 aliphatic rings. The summed E-state index contributed by atoms with van der Waals surface area (Å²) >= 11 is 6.06. The molecule has 0 saturated carbocycles.